The van der Waals surface area contributed by atoms with Crippen molar-refractivity contribution in [1.29, 1.82) is 0 Å². The van der Waals surface area contributed by atoms with Gasteiger partial charge in [-0.25, -0.2) is 9.97 Å². The van der Waals surface area contributed by atoms with E-state index in [1.54, 1.807) is 17.4 Å². The first-order chi connectivity index (χ1) is 13.6. The lowest BCUT2D eigenvalue weighted by molar-refractivity contribution is -0.131. The van der Waals surface area contributed by atoms with E-state index in [0.29, 0.717) is 23.8 Å². The van der Waals surface area contributed by atoms with Crippen molar-refractivity contribution in [2.45, 2.75) is 19.4 Å². The van der Waals surface area contributed by atoms with Crippen LogP contribution in [0.4, 0.5) is 5.13 Å². The van der Waals surface area contributed by atoms with E-state index in [0.717, 1.165) is 15.9 Å². The SMILES string of the molecule is CC1C2C(=O)N(c3nc4ccccc4s3)NC2=CC(=O)N1CCc1cnc[nH]1. The minimum Gasteiger partial charge on any atom is -0.348 e. The molecule has 28 heavy (non-hydrogen) atoms. The van der Waals surface area contributed by atoms with E-state index in [-0.39, 0.29) is 17.9 Å². The number of nitrogens with one attached hydrogen (secondary N) is 2. The fourth-order valence-electron chi connectivity index (χ4n) is 3.78. The average molecular weight is 394 g/mol. The van der Waals surface area contributed by atoms with Gasteiger partial charge in [0.1, 0.15) is 5.92 Å². The molecule has 0 bridgehead atoms. The lowest BCUT2D eigenvalue weighted by Gasteiger charge is -2.34. The Morgan fingerprint density at radius 3 is 2.89 bits per heavy atom. The van der Waals surface area contributed by atoms with E-state index >= 15 is 0 Å². The van der Waals surface area contributed by atoms with Gasteiger partial charge in [0.2, 0.25) is 11.0 Å². The summed E-state index contributed by atoms with van der Waals surface area (Å²) in [6.45, 7) is 2.45. The van der Waals surface area contributed by atoms with Crippen LogP contribution in [0, 0.1) is 5.92 Å². The highest BCUT2D eigenvalue weighted by Crippen LogP contribution is 2.36. The van der Waals surface area contributed by atoms with E-state index < -0.39 is 5.92 Å². The number of imidazole rings is 1. The summed E-state index contributed by atoms with van der Waals surface area (Å²) in [6, 6.07) is 7.53. The van der Waals surface area contributed by atoms with Crippen LogP contribution in [0.3, 0.4) is 0 Å². The van der Waals surface area contributed by atoms with Crippen molar-refractivity contribution in [3.63, 3.8) is 0 Å². The number of nitrogens with zero attached hydrogens (tertiary/aromatic N) is 4. The third kappa shape index (κ3) is 2.66. The molecule has 1 aromatic carbocycles. The Kier molecular flexibility index (Phi) is 3.90. The first-order valence-electron chi connectivity index (χ1n) is 9.07. The molecule has 142 valence electrons. The number of thiazole rings is 1. The lowest BCUT2D eigenvalue weighted by Crippen LogP contribution is -2.48. The number of anilines is 1. The Morgan fingerprint density at radius 1 is 1.25 bits per heavy atom. The van der Waals surface area contributed by atoms with Gasteiger partial charge in [-0.05, 0) is 19.1 Å². The van der Waals surface area contributed by atoms with Gasteiger partial charge in [-0.15, -0.1) is 0 Å². The number of carbonyl (C=O) groups excluding carboxylic acids is 2. The van der Waals surface area contributed by atoms with E-state index in [1.807, 2.05) is 31.2 Å². The summed E-state index contributed by atoms with van der Waals surface area (Å²) in [4.78, 5) is 39.1. The second-order valence-electron chi connectivity index (χ2n) is 6.93. The number of fused-ring (bicyclic) bond motifs is 2. The third-order valence-corrected chi connectivity index (χ3v) is 6.27. The van der Waals surface area contributed by atoms with Crippen LogP contribution in [-0.2, 0) is 16.0 Å². The average Bonchev–Trinajstić information content (AvgIpc) is 3.40. The van der Waals surface area contributed by atoms with Gasteiger partial charge >= 0.3 is 0 Å². The van der Waals surface area contributed by atoms with Crippen molar-refractivity contribution in [2.75, 3.05) is 11.6 Å². The molecule has 1 fully saturated rings. The van der Waals surface area contributed by atoms with Crippen LogP contribution in [-0.4, -0.2) is 44.3 Å². The number of benzene rings is 1. The monoisotopic (exact) mass is 394 g/mol. The van der Waals surface area contributed by atoms with Crippen LogP contribution in [0.1, 0.15) is 12.6 Å². The summed E-state index contributed by atoms with van der Waals surface area (Å²) < 4.78 is 1.02. The molecule has 2 aliphatic rings. The second kappa shape index (κ2) is 6.45. The van der Waals surface area contributed by atoms with Crippen LogP contribution < -0.4 is 10.4 Å². The summed E-state index contributed by atoms with van der Waals surface area (Å²) in [5.41, 5.74) is 5.55. The molecule has 0 radical (unpaired) electrons. The Bertz CT molecular complexity index is 1060. The predicted octanol–water partition coefficient (Wildman–Crippen LogP) is 1.84. The molecule has 2 atom stereocenters. The number of hydrogen-bond donors (Lipinski definition) is 2. The van der Waals surface area contributed by atoms with Crippen molar-refractivity contribution in [3.05, 3.63) is 54.3 Å². The van der Waals surface area contributed by atoms with E-state index in [9.17, 15) is 9.59 Å². The number of hydrogen-bond acceptors (Lipinski definition) is 6. The highest BCUT2D eigenvalue weighted by Gasteiger charge is 2.47. The number of aromatic nitrogens is 3. The Balaban J connectivity index is 1.40. The minimum absolute atomic E-state index is 0.0863. The topological polar surface area (TPSA) is 94.2 Å². The van der Waals surface area contributed by atoms with E-state index in [4.69, 9.17) is 0 Å². The fraction of sp³-hybridized carbons (Fsp3) is 0.263. The molecule has 0 spiro atoms. The van der Waals surface area contributed by atoms with Gasteiger partial charge in [-0.3, -0.25) is 15.0 Å². The molecule has 0 aliphatic carbocycles. The molecule has 4 heterocycles. The predicted molar refractivity (Wildman–Crippen MR) is 105 cm³/mol. The quantitative estimate of drug-likeness (QED) is 0.704. The standard InChI is InChI=1S/C19H18N6O2S/c1-11-17-14(8-16(26)24(11)7-6-12-9-20-10-21-12)23-25(18(17)27)19-22-13-4-2-3-5-15(13)28-19/h2-5,8-11,17,23H,6-7H2,1H3,(H,20,21). The molecule has 9 heteroatoms. The maximum Gasteiger partial charge on any atom is 0.258 e. The molecule has 3 aromatic rings. The molecule has 2 unspecified atom stereocenters. The number of hydrazine groups is 1. The highest BCUT2D eigenvalue weighted by molar-refractivity contribution is 7.22. The molecule has 2 aliphatic heterocycles. The van der Waals surface area contributed by atoms with Gasteiger partial charge in [0.05, 0.1) is 22.2 Å². The lowest BCUT2D eigenvalue weighted by atomic mass is 9.92. The highest BCUT2D eigenvalue weighted by atomic mass is 32.1. The van der Waals surface area contributed by atoms with Gasteiger partial charge in [0.25, 0.3) is 5.91 Å². The maximum absolute atomic E-state index is 13.1. The normalized spacial score (nSPS) is 21.8. The van der Waals surface area contributed by atoms with Gasteiger partial charge in [0, 0.05) is 37.0 Å². The van der Waals surface area contributed by atoms with Crippen molar-refractivity contribution < 1.29 is 9.59 Å². The van der Waals surface area contributed by atoms with Crippen molar-refractivity contribution in [2.24, 2.45) is 5.92 Å². The Morgan fingerprint density at radius 2 is 2.11 bits per heavy atom. The third-order valence-electron chi connectivity index (χ3n) is 5.25. The number of aromatic amines is 1. The summed E-state index contributed by atoms with van der Waals surface area (Å²) in [5.74, 6) is -0.590. The molecule has 5 rings (SSSR count). The fourth-order valence-corrected chi connectivity index (χ4v) is 4.72. The molecular weight excluding hydrogens is 376 g/mol. The first kappa shape index (κ1) is 16.9. The molecular formula is C19H18N6O2S. The molecule has 1 saturated heterocycles. The summed E-state index contributed by atoms with van der Waals surface area (Å²) in [5, 5.41) is 2.06. The van der Waals surface area contributed by atoms with Crippen LogP contribution in [0.15, 0.2) is 48.6 Å². The first-order valence-corrected chi connectivity index (χ1v) is 9.89. The largest absolute Gasteiger partial charge is 0.348 e. The Labute approximate surface area is 164 Å². The zero-order chi connectivity index (χ0) is 19.3. The number of carbonyl (C=O) groups is 2. The molecule has 2 amide bonds. The maximum atomic E-state index is 13.1. The van der Waals surface area contributed by atoms with Crippen LogP contribution in [0.25, 0.3) is 10.2 Å². The summed E-state index contributed by atoms with van der Waals surface area (Å²) in [7, 11) is 0. The molecule has 2 aromatic heterocycles. The van der Waals surface area contributed by atoms with Crippen LogP contribution >= 0.6 is 11.3 Å². The van der Waals surface area contributed by atoms with Gasteiger partial charge < -0.3 is 9.88 Å². The number of amides is 2. The summed E-state index contributed by atoms with van der Waals surface area (Å²) in [6.07, 6.45) is 5.56. The van der Waals surface area contributed by atoms with E-state index in [1.165, 1.54) is 22.4 Å². The number of para-hydroxylation sites is 1. The smallest absolute Gasteiger partial charge is 0.258 e. The minimum atomic E-state index is -0.411. The zero-order valence-electron chi connectivity index (χ0n) is 15.1. The summed E-state index contributed by atoms with van der Waals surface area (Å²) >= 11 is 1.45. The van der Waals surface area contributed by atoms with Gasteiger partial charge in [0.15, 0.2) is 0 Å². The molecule has 8 nitrogen and oxygen atoms in total. The second-order valence-corrected chi connectivity index (χ2v) is 7.94. The van der Waals surface area contributed by atoms with Crippen LogP contribution in [0.2, 0.25) is 0 Å². The molecule has 0 saturated carbocycles. The van der Waals surface area contributed by atoms with Gasteiger partial charge in [-0.2, -0.15) is 5.01 Å². The van der Waals surface area contributed by atoms with E-state index in [2.05, 4.69) is 20.4 Å². The van der Waals surface area contributed by atoms with Crippen molar-refractivity contribution >= 4 is 38.5 Å². The van der Waals surface area contributed by atoms with Crippen molar-refractivity contribution in [1.82, 2.24) is 25.3 Å². The van der Waals surface area contributed by atoms with Crippen molar-refractivity contribution in [3.8, 4) is 0 Å². The number of rotatable bonds is 4. The van der Waals surface area contributed by atoms with Crippen LogP contribution in [0.5, 0.6) is 0 Å². The molecule has 2 N–H and O–H groups in total. The van der Waals surface area contributed by atoms with Gasteiger partial charge in [-0.1, -0.05) is 23.5 Å². The zero-order valence-corrected chi connectivity index (χ0v) is 15.9. The Hall–Kier alpha value is -3.20. The number of H-pyrrole nitrogens is 1.